The summed E-state index contributed by atoms with van der Waals surface area (Å²) in [6, 6.07) is -1.82. The molecule has 0 saturated carbocycles. The van der Waals surface area contributed by atoms with Crippen molar-refractivity contribution in [1.82, 2.24) is 20.6 Å². The lowest BCUT2D eigenvalue weighted by Gasteiger charge is -2.34. The topological polar surface area (TPSA) is 220 Å². The van der Waals surface area contributed by atoms with Gasteiger partial charge in [-0.3, -0.25) is 24.2 Å². The number of amides is 2. The monoisotopic (exact) mass is 489 g/mol. The van der Waals surface area contributed by atoms with Crippen molar-refractivity contribution in [3.63, 3.8) is 0 Å². The summed E-state index contributed by atoms with van der Waals surface area (Å²) in [7, 11) is 0. The summed E-state index contributed by atoms with van der Waals surface area (Å²) in [6.07, 6.45) is 4.42. The summed E-state index contributed by atoms with van der Waals surface area (Å²) in [4.78, 5) is 65.7. The molecular formula is C21H27N7O7. The average Bonchev–Trinajstić information content (AvgIpc) is 2.80. The molecule has 1 aromatic heterocycles. The van der Waals surface area contributed by atoms with Gasteiger partial charge in [-0.05, 0) is 25.5 Å². The highest BCUT2D eigenvalue weighted by molar-refractivity contribution is 5.97. The highest BCUT2D eigenvalue weighted by Gasteiger charge is 2.29. The van der Waals surface area contributed by atoms with Gasteiger partial charge in [0.05, 0.1) is 6.04 Å². The normalized spacial score (nSPS) is 16.1. The van der Waals surface area contributed by atoms with E-state index in [0.29, 0.717) is 12.1 Å². The smallest absolute Gasteiger partial charge is 0.326 e. The quantitative estimate of drug-likeness (QED) is 0.109. The van der Waals surface area contributed by atoms with Gasteiger partial charge in [-0.25, -0.2) is 4.79 Å². The zero-order chi connectivity index (χ0) is 26.1. The van der Waals surface area contributed by atoms with E-state index in [1.165, 1.54) is 17.1 Å². The minimum absolute atomic E-state index is 0.0470. The first-order valence-corrected chi connectivity index (χ1v) is 10.5. The molecule has 0 bridgehead atoms. The highest BCUT2D eigenvalue weighted by Crippen LogP contribution is 2.24. The molecule has 0 saturated heterocycles. The molecular weight excluding hydrogens is 462 g/mol. The number of nitrogens with one attached hydrogen (secondary N) is 4. The fraction of sp³-hybridized carbons (Fsp3) is 0.333. The van der Waals surface area contributed by atoms with Crippen LogP contribution in [0.2, 0.25) is 0 Å². The summed E-state index contributed by atoms with van der Waals surface area (Å²) in [5.74, 6) is -3.17. The molecule has 2 heterocycles. The first-order chi connectivity index (χ1) is 16.6. The minimum atomic E-state index is -1.37. The van der Waals surface area contributed by atoms with E-state index in [4.69, 9.17) is 15.9 Å². The number of fused-ring (bicyclic) bond motifs is 1. The van der Waals surface area contributed by atoms with Crippen molar-refractivity contribution in [2.45, 2.75) is 31.8 Å². The van der Waals surface area contributed by atoms with Gasteiger partial charge in [0.2, 0.25) is 12.4 Å². The fourth-order valence-electron chi connectivity index (χ4n) is 3.19. The van der Waals surface area contributed by atoms with Gasteiger partial charge in [-0.15, -0.1) is 0 Å². The van der Waals surface area contributed by atoms with E-state index in [2.05, 4.69) is 32.5 Å². The van der Waals surface area contributed by atoms with Crippen molar-refractivity contribution >= 4 is 41.7 Å². The Morgan fingerprint density at radius 1 is 1.34 bits per heavy atom. The lowest BCUT2D eigenvalue weighted by atomic mass is 10.1. The van der Waals surface area contributed by atoms with Gasteiger partial charge in [0.1, 0.15) is 6.04 Å². The molecule has 2 rings (SSSR count). The number of carbonyl (C=O) groups is 4. The van der Waals surface area contributed by atoms with E-state index in [-0.39, 0.29) is 42.5 Å². The molecule has 0 radical (unpaired) electrons. The largest absolute Gasteiger partial charge is 0.481 e. The van der Waals surface area contributed by atoms with Crippen LogP contribution in [0, 0.1) is 0 Å². The molecule has 1 aromatic rings. The third kappa shape index (κ3) is 7.18. The molecule has 1 aliphatic rings. The molecule has 0 spiro atoms. The zero-order valence-electron chi connectivity index (χ0n) is 18.9. The number of rotatable bonds is 12. The second kappa shape index (κ2) is 12.0. The number of anilines is 3. The number of hydrogen-bond donors (Lipinski definition) is 7. The van der Waals surface area contributed by atoms with Crippen LogP contribution < -0.4 is 32.1 Å². The number of hydrogen-bond acceptors (Lipinski definition) is 9. The lowest BCUT2D eigenvalue weighted by molar-refractivity contribution is -0.142. The predicted octanol–water partition coefficient (Wildman–Crippen LogP) is -0.851. The number of carbonyl (C=O) groups excluding carboxylic acids is 2. The molecule has 0 aliphatic carbocycles. The molecule has 1 unspecified atom stereocenters. The number of H-pyrrole nitrogens is 1. The van der Waals surface area contributed by atoms with E-state index < -0.39 is 41.9 Å². The number of allylic oxidation sites excluding steroid dienone is 2. The number of carboxylic acid groups (broad SMARTS) is 2. The number of aliphatic carboxylic acids is 2. The third-order valence-electron chi connectivity index (χ3n) is 5.04. The second-order valence-electron chi connectivity index (χ2n) is 7.48. The van der Waals surface area contributed by atoms with Gasteiger partial charge in [0, 0.05) is 30.8 Å². The van der Waals surface area contributed by atoms with E-state index in [1.54, 1.807) is 13.0 Å². The molecule has 8 N–H and O–H groups in total. The number of carboxylic acids is 2. The van der Waals surface area contributed by atoms with E-state index in [0.717, 1.165) is 0 Å². The van der Waals surface area contributed by atoms with Gasteiger partial charge in [-0.2, -0.15) is 4.98 Å². The summed E-state index contributed by atoms with van der Waals surface area (Å²) < 4.78 is 0. The molecule has 2 amide bonds. The maximum Gasteiger partial charge on any atom is 0.326 e. The SMILES string of the molecule is C=C(/C=C\C(=C/C)NCC1CNc2nc(N)[nH]c(=O)c2N1C=O)C(=O)N[C@@H](CCC(=O)O)C(=O)O. The first kappa shape index (κ1) is 26.6. The van der Waals surface area contributed by atoms with Crippen LogP contribution in [0.1, 0.15) is 19.8 Å². The first-order valence-electron chi connectivity index (χ1n) is 10.5. The number of nitrogens with zero attached hydrogens (tertiary/aromatic N) is 2. The second-order valence-corrected chi connectivity index (χ2v) is 7.48. The highest BCUT2D eigenvalue weighted by atomic mass is 16.4. The lowest BCUT2D eigenvalue weighted by Crippen LogP contribution is -2.51. The minimum Gasteiger partial charge on any atom is -0.481 e. The Hall–Kier alpha value is -4.62. The standard InChI is InChI=1S/C21H27N7O7/c1-3-12(5-4-11(2)18(32)25-14(20(34)35)6-7-15(30)31)23-8-13-9-24-17-16(28(13)10-29)19(33)27-21(22)26-17/h3-5,10,13-14,23H,2,6-9H2,1H3,(H,25,32)(H,30,31)(H,34,35)(H4,22,24,26,27,33)/b5-4-,12-3+/t13?,14-/m0/s1. The molecule has 2 atom stereocenters. The van der Waals surface area contributed by atoms with Crippen molar-refractivity contribution in [2.75, 3.05) is 29.0 Å². The Morgan fingerprint density at radius 3 is 2.66 bits per heavy atom. The molecule has 0 fully saturated rings. The average molecular weight is 489 g/mol. The van der Waals surface area contributed by atoms with Gasteiger partial charge < -0.3 is 36.8 Å². The van der Waals surface area contributed by atoms with E-state index >= 15 is 0 Å². The van der Waals surface area contributed by atoms with Crippen molar-refractivity contribution in [1.29, 1.82) is 0 Å². The van der Waals surface area contributed by atoms with Crippen LogP contribution in [-0.2, 0) is 19.2 Å². The molecule has 14 heteroatoms. The Labute approximate surface area is 199 Å². The summed E-state index contributed by atoms with van der Waals surface area (Å²) in [5.41, 5.74) is 5.53. The Morgan fingerprint density at radius 2 is 2.06 bits per heavy atom. The molecule has 0 aromatic carbocycles. The van der Waals surface area contributed by atoms with Gasteiger partial charge in [0.15, 0.2) is 11.5 Å². The van der Waals surface area contributed by atoms with Gasteiger partial charge in [0.25, 0.3) is 11.5 Å². The zero-order valence-corrected chi connectivity index (χ0v) is 18.9. The van der Waals surface area contributed by atoms with Crippen LogP contribution in [0.25, 0.3) is 0 Å². The molecule has 35 heavy (non-hydrogen) atoms. The molecule has 1 aliphatic heterocycles. The Bertz CT molecular complexity index is 1130. The van der Waals surface area contributed by atoms with Crippen molar-refractivity contribution < 1.29 is 29.4 Å². The van der Waals surface area contributed by atoms with Crippen LogP contribution in [0.3, 0.4) is 0 Å². The van der Waals surface area contributed by atoms with Gasteiger partial charge >= 0.3 is 11.9 Å². The Balaban J connectivity index is 1.99. The van der Waals surface area contributed by atoms with Crippen LogP contribution in [0.15, 0.2) is 40.9 Å². The van der Waals surface area contributed by atoms with Gasteiger partial charge in [-0.1, -0.05) is 12.7 Å². The van der Waals surface area contributed by atoms with E-state index in [1.807, 2.05) is 0 Å². The number of nitrogens with two attached hydrogens (primary N) is 1. The van der Waals surface area contributed by atoms with Crippen LogP contribution >= 0.6 is 0 Å². The summed E-state index contributed by atoms with van der Waals surface area (Å²) >= 11 is 0. The third-order valence-corrected chi connectivity index (χ3v) is 5.04. The van der Waals surface area contributed by atoms with E-state index in [9.17, 15) is 24.0 Å². The number of aromatic nitrogens is 2. The molecule has 14 nitrogen and oxygen atoms in total. The van der Waals surface area contributed by atoms with Crippen LogP contribution in [0.4, 0.5) is 17.5 Å². The van der Waals surface area contributed by atoms with Crippen molar-refractivity contribution in [3.8, 4) is 0 Å². The van der Waals surface area contributed by atoms with Crippen LogP contribution in [0.5, 0.6) is 0 Å². The summed E-state index contributed by atoms with van der Waals surface area (Å²) in [6.45, 7) is 5.85. The molecule has 188 valence electrons. The van der Waals surface area contributed by atoms with Crippen LogP contribution in [-0.4, -0.2) is 69.6 Å². The Kier molecular flexibility index (Phi) is 9.14. The predicted molar refractivity (Wildman–Crippen MR) is 127 cm³/mol. The maximum absolute atomic E-state index is 12.3. The maximum atomic E-state index is 12.3. The fourth-order valence-corrected chi connectivity index (χ4v) is 3.19. The number of nitrogen functional groups attached to an aromatic ring is 1. The van der Waals surface area contributed by atoms with Crippen molar-refractivity contribution in [2.24, 2.45) is 0 Å². The number of aromatic amines is 1. The van der Waals surface area contributed by atoms with Crippen molar-refractivity contribution in [3.05, 3.63) is 46.4 Å². The summed E-state index contributed by atoms with van der Waals surface area (Å²) in [5, 5.41) is 26.2.